The van der Waals surface area contributed by atoms with Crippen LogP contribution < -0.4 is 5.32 Å². The second-order valence-electron chi connectivity index (χ2n) is 4.37. The van der Waals surface area contributed by atoms with Crippen molar-refractivity contribution in [2.75, 3.05) is 5.32 Å². The third-order valence-corrected chi connectivity index (χ3v) is 4.23. The molecule has 1 amide bonds. The van der Waals surface area contributed by atoms with Crippen LogP contribution in [0.25, 0.3) is 0 Å². The van der Waals surface area contributed by atoms with Crippen molar-refractivity contribution >= 4 is 50.7 Å². The van der Waals surface area contributed by atoms with Crippen LogP contribution in [0.2, 0.25) is 10.0 Å². The average molecular weight is 373 g/mol. The molecule has 0 fully saturated rings. The van der Waals surface area contributed by atoms with E-state index < -0.39 is 0 Å². The Hall–Kier alpha value is -1.03. The van der Waals surface area contributed by atoms with Crippen LogP contribution >= 0.6 is 39.1 Å². The standard InChI is InChI=1S/C15H12BrCl2NO/c1-9-6-13(18)14(7-12(9)17)19-15(20)11-4-2-10(8-16)3-5-11/h2-7H,8H2,1H3,(H,19,20). The molecule has 0 bridgehead atoms. The van der Waals surface area contributed by atoms with Gasteiger partial charge in [-0.15, -0.1) is 0 Å². The van der Waals surface area contributed by atoms with Gasteiger partial charge in [-0.1, -0.05) is 51.3 Å². The maximum absolute atomic E-state index is 12.1. The van der Waals surface area contributed by atoms with Crippen LogP contribution in [0.3, 0.4) is 0 Å². The number of carbonyl (C=O) groups excluding carboxylic acids is 1. The molecular formula is C15H12BrCl2NO. The third kappa shape index (κ3) is 3.54. The molecule has 0 aliphatic carbocycles. The first-order valence-corrected chi connectivity index (χ1v) is 7.81. The van der Waals surface area contributed by atoms with Crippen molar-refractivity contribution in [3.05, 3.63) is 63.1 Å². The molecule has 0 saturated carbocycles. The van der Waals surface area contributed by atoms with E-state index in [0.29, 0.717) is 21.3 Å². The first-order valence-electron chi connectivity index (χ1n) is 5.93. The molecule has 2 aromatic carbocycles. The highest BCUT2D eigenvalue weighted by molar-refractivity contribution is 9.08. The summed E-state index contributed by atoms with van der Waals surface area (Å²) in [5, 5.41) is 4.56. The second kappa shape index (κ2) is 6.61. The van der Waals surface area contributed by atoms with Crippen molar-refractivity contribution in [2.24, 2.45) is 0 Å². The van der Waals surface area contributed by atoms with E-state index in [9.17, 15) is 4.79 Å². The van der Waals surface area contributed by atoms with E-state index in [2.05, 4.69) is 21.2 Å². The van der Waals surface area contributed by atoms with Gasteiger partial charge in [-0.2, -0.15) is 0 Å². The monoisotopic (exact) mass is 371 g/mol. The Bertz CT molecular complexity index is 641. The van der Waals surface area contributed by atoms with Gasteiger partial charge < -0.3 is 5.32 Å². The van der Waals surface area contributed by atoms with Crippen LogP contribution in [0.5, 0.6) is 0 Å². The van der Waals surface area contributed by atoms with Crippen molar-refractivity contribution < 1.29 is 4.79 Å². The molecule has 2 nitrogen and oxygen atoms in total. The average Bonchev–Trinajstić information content (AvgIpc) is 2.44. The van der Waals surface area contributed by atoms with Crippen molar-refractivity contribution in [2.45, 2.75) is 12.3 Å². The number of anilines is 1. The Morgan fingerprint density at radius 2 is 1.80 bits per heavy atom. The van der Waals surface area contributed by atoms with E-state index in [1.54, 1.807) is 24.3 Å². The Balaban J connectivity index is 2.20. The van der Waals surface area contributed by atoms with E-state index in [0.717, 1.165) is 16.5 Å². The summed E-state index contributed by atoms with van der Waals surface area (Å²) in [5.74, 6) is -0.215. The fourth-order valence-electron chi connectivity index (χ4n) is 1.68. The summed E-state index contributed by atoms with van der Waals surface area (Å²) in [4.78, 5) is 12.1. The summed E-state index contributed by atoms with van der Waals surface area (Å²) in [7, 11) is 0. The number of amides is 1. The second-order valence-corrected chi connectivity index (χ2v) is 5.74. The minimum Gasteiger partial charge on any atom is -0.321 e. The predicted octanol–water partition coefficient (Wildman–Crippen LogP) is 5.45. The zero-order valence-corrected chi connectivity index (χ0v) is 13.8. The van der Waals surface area contributed by atoms with Gasteiger partial charge in [-0.3, -0.25) is 4.79 Å². The molecule has 0 radical (unpaired) electrons. The molecule has 0 atom stereocenters. The number of rotatable bonds is 3. The zero-order chi connectivity index (χ0) is 14.7. The molecule has 0 saturated heterocycles. The van der Waals surface area contributed by atoms with Gasteiger partial charge in [0.15, 0.2) is 0 Å². The lowest BCUT2D eigenvalue weighted by atomic mass is 10.1. The van der Waals surface area contributed by atoms with Crippen LogP contribution in [0.4, 0.5) is 5.69 Å². The lowest BCUT2D eigenvalue weighted by Gasteiger charge is -2.09. The minimum absolute atomic E-state index is 0.215. The van der Waals surface area contributed by atoms with Gasteiger partial charge in [-0.05, 0) is 42.3 Å². The third-order valence-electron chi connectivity index (χ3n) is 2.87. The lowest BCUT2D eigenvalue weighted by molar-refractivity contribution is 0.102. The number of carbonyl (C=O) groups is 1. The van der Waals surface area contributed by atoms with Gasteiger partial charge in [0.1, 0.15) is 0 Å². The highest BCUT2D eigenvalue weighted by Crippen LogP contribution is 2.29. The van der Waals surface area contributed by atoms with Gasteiger partial charge in [0.2, 0.25) is 0 Å². The zero-order valence-electron chi connectivity index (χ0n) is 10.7. The summed E-state index contributed by atoms with van der Waals surface area (Å²) in [6, 6.07) is 10.7. The number of alkyl halides is 1. The molecule has 0 heterocycles. The van der Waals surface area contributed by atoms with Crippen molar-refractivity contribution in [1.82, 2.24) is 0 Å². The molecular weight excluding hydrogens is 361 g/mol. The number of halogens is 3. The Morgan fingerprint density at radius 3 is 2.40 bits per heavy atom. The molecule has 0 aliphatic heterocycles. The number of hydrogen-bond donors (Lipinski definition) is 1. The maximum atomic E-state index is 12.1. The highest BCUT2D eigenvalue weighted by atomic mass is 79.9. The summed E-state index contributed by atoms with van der Waals surface area (Å²) in [6.07, 6.45) is 0. The molecule has 0 unspecified atom stereocenters. The van der Waals surface area contributed by atoms with Crippen LogP contribution in [0.1, 0.15) is 21.5 Å². The van der Waals surface area contributed by atoms with Crippen LogP contribution in [0.15, 0.2) is 36.4 Å². The van der Waals surface area contributed by atoms with Crippen LogP contribution in [-0.2, 0) is 5.33 Å². The smallest absolute Gasteiger partial charge is 0.255 e. The van der Waals surface area contributed by atoms with Crippen molar-refractivity contribution in [3.8, 4) is 0 Å². The molecule has 1 N–H and O–H groups in total. The molecule has 2 aromatic rings. The van der Waals surface area contributed by atoms with Crippen molar-refractivity contribution in [1.29, 1.82) is 0 Å². The molecule has 5 heteroatoms. The topological polar surface area (TPSA) is 29.1 Å². The Morgan fingerprint density at radius 1 is 1.15 bits per heavy atom. The summed E-state index contributed by atoms with van der Waals surface area (Å²) in [5.41, 5.74) is 3.06. The number of benzene rings is 2. The number of hydrogen-bond acceptors (Lipinski definition) is 1. The molecule has 20 heavy (non-hydrogen) atoms. The Labute approximate surface area is 136 Å². The largest absolute Gasteiger partial charge is 0.321 e. The van der Waals surface area contributed by atoms with E-state index >= 15 is 0 Å². The maximum Gasteiger partial charge on any atom is 0.255 e. The molecule has 2 rings (SSSR count). The predicted molar refractivity (Wildman–Crippen MR) is 88.2 cm³/mol. The summed E-state index contributed by atoms with van der Waals surface area (Å²) < 4.78 is 0. The van der Waals surface area contributed by atoms with Gasteiger partial charge in [-0.25, -0.2) is 0 Å². The van der Waals surface area contributed by atoms with Crippen LogP contribution in [-0.4, -0.2) is 5.91 Å². The number of aryl methyl sites for hydroxylation is 1. The van der Waals surface area contributed by atoms with E-state index in [4.69, 9.17) is 23.2 Å². The fourth-order valence-corrected chi connectivity index (χ4v) is 2.48. The van der Waals surface area contributed by atoms with Crippen molar-refractivity contribution in [3.63, 3.8) is 0 Å². The first-order chi connectivity index (χ1) is 9.51. The summed E-state index contributed by atoms with van der Waals surface area (Å²) in [6.45, 7) is 1.86. The van der Waals surface area contributed by atoms with E-state index in [1.165, 1.54) is 0 Å². The van der Waals surface area contributed by atoms with E-state index in [-0.39, 0.29) is 5.91 Å². The van der Waals surface area contributed by atoms with E-state index in [1.807, 2.05) is 19.1 Å². The van der Waals surface area contributed by atoms with Gasteiger partial charge in [0.25, 0.3) is 5.91 Å². The summed E-state index contributed by atoms with van der Waals surface area (Å²) >= 11 is 15.5. The molecule has 0 aliphatic rings. The van der Waals surface area contributed by atoms with Crippen LogP contribution in [0, 0.1) is 6.92 Å². The number of nitrogens with one attached hydrogen (secondary N) is 1. The first kappa shape index (κ1) is 15.4. The quantitative estimate of drug-likeness (QED) is 0.713. The minimum atomic E-state index is -0.215. The van der Waals surface area contributed by atoms with Gasteiger partial charge in [0, 0.05) is 15.9 Å². The van der Waals surface area contributed by atoms with Gasteiger partial charge >= 0.3 is 0 Å². The molecule has 0 aromatic heterocycles. The molecule has 0 spiro atoms. The Kier molecular flexibility index (Phi) is 5.08. The lowest BCUT2D eigenvalue weighted by Crippen LogP contribution is -2.12. The SMILES string of the molecule is Cc1cc(Cl)c(NC(=O)c2ccc(CBr)cc2)cc1Cl. The highest BCUT2D eigenvalue weighted by Gasteiger charge is 2.10. The molecule has 104 valence electrons. The van der Waals surface area contributed by atoms with Gasteiger partial charge in [0.05, 0.1) is 10.7 Å². The fraction of sp³-hybridized carbons (Fsp3) is 0.133. The normalized spacial score (nSPS) is 10.4.